The van der Waals surface area contributed by atoms with Crippen LogP contribution in [-0.4, -0.2) is 59.5 Å². The lowest BCUT2D eigenvalue weighted by atomic mass is 9.60. The van der Waals surface area contributed by atoms with E-state index in [9.17, 15) is 4.79 Å². The maximum absolute atomic E-state index is 13.1. The molecule has 2 saturated carbocycles. The Kier molecular flexibility index (Phi) is 5.06. The van der Waals surface area contributed by atoms with E-state index in [0.717, 1.165) is 39.0 Å². The first kappa shape index (κ1) is 18.0. The van der Waals surface area contributed by atoms with Gasteiger partial charge in [0, 0.05) is 37.9 Å². The quantitative estimate of drug-likeness (QED) is 0.877. The van der Waals surface area contributed by atoms with Crippen LogP contribution in [0, 0.1) is 5.41 Å². The van der Waals surface area contributed by atoms with Gasteiger partial charge in [0.1, 0.15) is 5.69 Å². The lowest BCUT2D eigenvalue weighted by molar-refractivity contribution is -0.152. The van der Waals surface area contributed by atoms with E-state index in [1.165, 1.54) is 25.7 Å². The van der Waals surface area contributed by atoms with Gasteiger partial charge in [0.2, 0.25) is 0 Å². The third kappa shape index (κ3) is 2.97. The van der Waals surface area contributed by atoms with Gasteiger partial charge in [0.15, 0.2) is 0 Å². The van der Waals surface area contributed by atoms with Crippen molar-refractivity contribution in [2.45, 2.75) is 70.1 Å². The largest absolute Gasteiger partial charge is 0.378 e. The Bertz CT molecular complexity index is 632. The molecule has 1 saturated heterocycles. The normalized spacial score (nSPS) is 30.3. The van der Waals surface area contributed by atoms with Crippen LogP contribution < -0.4 is 5.32 Å². The number of hydrogen-bond acceptors (Lipinski definition) is 4. The predicted octanol–water partition coefficient (Wildman–Crippen LogP) is 2.62. The molecule has 144 valence electrons. The molecule has 6 heteroatoms. The van der Waals surface area contributed by atoms with E-state index in [2.05, 4.69) is 17.3 Å². The van der Waals surface area contributed by atoms with Crippen molar-refractivity contribution in [2.24, 2.45) is 5.41 Å². The summed E-state index contributed by atoms with van der Waals surface area (Å²) >= 11 is 0. The van der Waals surface area contributed by atoms with Crippen LogP contribution in [0.5, 0.6) is 0 Å². The van der Waals surface area contributed by atoms with E-state index >= 15 is 0 Å². The van der Waals surface area contributed by atoms with Crippen molar-refractivity contribution in [3.63, 3.8) is 0 Å². The van der Waals surface area contributed by atoms with E-state index < -0.39 is 0 Å². The van der Waals surface area contributed by atoms with Crippen molar-refractivity contribution in [3.05, 3.63) is 18.0 Å². The van der Waals surface area contributed by atoms with Gasteiger partial charge in [-0.05, 0) is 51.6 Å². The van der Waals surface area contributed by atoms with Gasteiger partial charge in [0.25, 0.3) is 5.91 Å². The van der Waals surface area contributed by atoms with Crippen molar-refractivity contribution in [1.82, 2.24) is 20.0 Å². The monoisotopic (exact) mass is 360 g/mol. The Morgan fingerprint density at radius 2 is 2.23 bits per heavy atom. The Balaban J connectivity index is 1.45. The highest BCUT2D eigenvalue weighted by molar-refractivity contribution is 5.92. The van der Waals surface area contributed by atoms with Crippen LogP contribution in [0.4, 0.5) is 0 Å². The van der Waals surface area contributed by atoms with Crippen molar-refractivity contribution in [3.8, 4) is 0 Å². The molecule has 26 heavy (non-hydrogen) atoms. The van der Waals surface area contributed by atoms with Gasteiger partial charge in [-0.15, -0.1) is 0 Å². The first-order valence-corrected chi connectivity index (χ1v) is 10.3. The maximum atomic E-state index is 13.1. The van der Waals surface area contributed by atoms with Crippen molar-refractivity contribution in [1.29, 1.82) is 0 Å². The van der Waals surface area contributed by atoms with Gasteiger partial charge in [-0.1, -0.05) is 12.8 Å². The number of nitrogens with one attached hydrogen (secondary N) is 1. The zero-order valence-electron chi connectivity index (χ0n) is 16.1. The highest BCUT2D eigenvalue weighted by atomic mass is 16.5. The molecule has 1 amide bonds. The number of hydrogen-bond donors (Lipinski definition) is 1. The number of nitrogens with zero attached hydrogens (tertiary/aromatic N) is 3. The topological polar surface area (TPSA) is 59.4 Å². The smallest absolute Gasteiger partial charge is 0.274 e. The highest BCUT2D eigenvalue weighted by Gasteiger charge is 2.58. The molecule has 4 rings (SSSR count). The first-order chi connectivity index (χ1) is 12.7. The zero-order valence-corrected chi connectivity index (χ0v) is 16.1. The fourth-order valence-corrected chi connectivity index (χ4v) is 5.43. The summed E-state index contributed by atoms with van der Waals surface area (Å²) < 4.78 is 7.97. The molecule has 1 N–H and O–H groups in total. The van der Waals surface area contributed by atoms with Crippen molar-refractivity contribution < 1.29 is 9.53 Å². The standard InChI is InChI=1S/C20H32N4O2/c1-3-26-18-13-17(20(18)9-4-5-10-20)23(2)19(25)16-8-12-24(22-16)15-7-6-11-21-14-15/h8,12,15,17-18,21H,3-7,9-11,13-14H2,1-2H3. The molecule has 1 aromatic rings. The third-order valence-corrected chi connectivity index (χ3v) is 6.90. The van der Waals surface area contributed by atoms with Crippen LogP contribution in [0.15, 0.2) is 12.3 Å². The molecule has 1 aromatic heterocycles. The molecule has 2 aliphatic carbocycles. The molecule has 0 bridgehead atoms. The van der Waals surface area contributed by atoms with Gasteiger partial charge in [-0.2, -0.15) is 5.10 Å². The first-order valence-electron chi connectivity index (χ1n) is 10.3. The summed E-state index contributed by atoms with van der Waals surface area (Å²) in [6.07, 6.45) is 10.4. The lowest BCUT2D eigenvalue weighted by Gasteiger charge is -2.56. The number of carbonyl (C=O) groups is 1. The third-order valence-electron chi connectivity index (χ3n) is 6.90. The van der Waals surface area contributed by atoms with E-state index in [1.54, 1.807) is 0 Å². The number of carbonyl (C=O) groups excluding carboxylic acids is 1. The van der Waals surface area contributed by atoms with Crippen LogP contribution in [0.3, 0.4) is 0 Å². The molecule has 6 nitrogen and oxygen atoms in total. The molecule has 1 aliphatic heterocycles. The molecule has 3 aliphatic rings. The fraction of sp³-hybridized carbons (Fsp3) is 0.800. The average molecular weight is 361 g/mol. The minimum absolute atomic E-state index is 0.0544. The zero-order chi connectivity index (χ0) is 18.1. The summed E-state index contributed by atoms with van der Waals surface area (Å²) in [5, 5.41) is 8.03. The second kappa shape index (κ2) is 7.31. The Hall–Kier alpha value is -1.40. The Morgan fingerprint density at radius 1 is 1.42 bits per heavy atom. The summed E-state index contributed by atoms with van der Waals surface area (Å²) in [7, 11) is 1.95. The van der Waals surface area contributed by atoms with Gasteiger partial charge in [0.05, 0.1) is 12.1 Å². The van der Waals surface area contributed by atoms with Crippen molar-refractivity contribution >= 4 is 5.91 Å². The summed E-state index contributed by atoms with van der Waals surface area (Å²) in [6.45, 7) is 4.85. The second-order valence-electron chi connectivity index (χ2n) is 8.23. The Labute approximate surface area is 156 Å². The Morgan fingerprint density at radius 3 is 2.92 bits per heavy atom. The summed E-state index contributed by atoms with van der Waals surface area (Å²) in [5.74, 6) is 0.0544. The van der Waals surface area contributed by atoms with E-state index in [0.29, 0.717) is 17.8 Å². The number of aromatic nitrogens is 2. The minimum Gasteiger partial charge on any atom is -0.378 e. The average Bonchev–Trinajstić information content (AvgIpc) is 3.35. The predicted molar refractivity (Wildman–Crippen MR) is 100 cm³/mol. The van der Waals surface area contributed by atoms with Gasteiger partial charge in [-0.3, -0.25) is 9.48 Å². The molecular formula is C20H32N4O2. The minimum atomic E-state index is 0.0544. The van der Waals surface area contributed by atoms with Crippen molar-refractivity contribution in [2.75, 3.05) is 26.7 Å². The lowest BCUT2D eigenvalue weighted by Crippen LogP contribution is -2.64. The van der Waals surface area contributed by atoms with Gasteiger partial charge < -0.3 is 15.0 Å². The summed E-state index contributed by atoms with van der Waals surface area (Å²) in [5.41, 5.74) is 0.752. The molecular weight excluding hydrogens is 328 g/mol. The number of amides is 1. The molecule has 1 spiro atoms. The fourth-order valence-electron chi connectivity index (χ4n) is 5.43. The SMILES string of the molecule is CCOC1CC(N(C)C(=O)c2ccn(C3CCCNC3)n2)C12CCCC2. The maximum Gasteiger partial charge on any atom is 0.274 e. The molecule has 2 heterocycles. The van der Waals surface area contributed by atoms with Crippen LogP contribution in [0.1, 0.15) is 68.4 Å². The molecule has 0 radical (unpaired) electrons. The van der Waals surface area contributed by atoms with Gasteiger partial charge in [-0.25, -0.2) is 0 Å². The van der Waals surface area contributed by atoms with E-state index in [-0.39, 0.29) is 17.4 Å². The summed E-state index contributed by atoms with van der Waals surface area (Å²) in [6, 6.07) is 2.53. The van der Waals surface area contributed by atoms with Crippen LogP contribution in [0.25, 0.3) is 0 Å². The highest BCUT2D eigenvalue weighted by Crippen LogP contribution is 2.56. The second-order valence-corrected chi connectivity index (χ2v) is 8.23. The molecule has 3 atom stereocenters. The van der Waals surface area contributed by atoms with Crippen LogP contribution >= 0.6 is 0 Å². The summed E-state index contributed by atoms with van der Waals surface area (Å²) in [4.78, 5) is 15.0. The number of ether oxygens (including phenoxy) is 1. The molecule has 0 aromatic carbocycles. The molecule has 3 fully saturated rings. The van der Waals surface area contributed by atoms with Crippen LogP contribution in [-0.2, 0) is 4.74 Å². The van der Waals surface area contributed by atoms with Gasteiger partial charge >= 0.3 is 0 Å². The van der Waals surface area contributed by atoms with E-state index in [4.69, 9.17) is 4.74 Å². The number of rotatable bonds is 5. The number of piperidine rings is 1. The van der Waals surface area contributed by atoms with Crippen LogP contribution in [0.2, 0.25) is 0 Å². The van der Waals surface area contributed by atoms with E-state index in [1.807, 2.05) is 28.9 Å². The molecule has 3 unspecified atom stereocenters.